The average Bonchev–Trinajstić information content (AvgIpc) is 3.22. The van der Waals surface area contributed by atoms with Gasteiger partial charge in [0.2, 0.25) is 0 Å². The van der Waals surface area contributed by atoms with Gasteiger partial charge < -0.3 is 9.84 Å². The van der Waals surface area contributed by atoms with E-state index >= 15 is 0 Å². The molecule has 1 fully saturated rings. The maximum absolute atomic E-state index is 13.5. The molecule has 0 aliphatic carbocycles. The number of rotatable bonds is 6. The van der Waals surface area contributed by atoms with Crippen molar-refractivity contribution in [3.8, 4) is 0 Å². The second-order valence-electron chi connectivity index (χ2n) is 8.77. The summed E-state index contributed by atoms with van der Waals surface area (Å²) < 4.78 is 35.9. The van der Waals surface area contributed by atoms with Crippen LogP contribution in [-0.4, -0.2) is 72.7 Å². The van der Waals surface area contributed by atoms with Crippen LogP contribution in [0.15, 0.2) is 29.2 Å². The van der Waals surface area contributed by atoms with Gasteiger partial charge in [-0.2, -0.15) is 5.10 Å². The first-order valence-corrected chi connectivity index (χ1v) is 12.3. The number of anilines is 1. The van der Waals surface area contributed by atoms with Gasteiger partial charge in [0.05, 0.1) is 41.9 Å². The number of sulfonamides is 1. The van der Waals surface area contributed by atoms with Crippen LogP contribution in [-0.2, 0) is 27.7 Å². The Morgan fingerprint density at radius 2 is 1.84 bits per heavy atom. The molecule has 2 aromatic rings. The van der Waals surface area contributed by atoms with E-state index in [4.69, 9.17) is 4.74 Å². The number of fused-ring (bicyclic) bond motifs is 1. The molecule has 170 valence electrons. The molecule has 0 amide bonds. The van der Waals surface area contributed by atoms with E-state index in [0.717, 1.165) is 24.3 Å². The highest BCUT2D eigenvalue weighted by Gasteiger charge is 2.35. The van der Waals surface area contributed by atoms with Gasteiger partial charge in [0, 0.05) is 26.2 Å². The monoisotopic (exact) mass is 448 g/mol. The normalized spacial score (nSPS) is 23.2. The summed E-state index contributed by atoms with van der Waals surface area (Å²) in [6, 6.07) is 7.61. The molecule has 0 bridgehead atoms. The minimum Gasteiger partial charge on any atom is -0.390 e. The van der Waals surface area contributed by atoms with Crippen molar-refractivity contribution in [1.29, 1.82) is 0 Å². The molecule has 31 heavy (non-hydrogen) atoms. The number of ether oxygens (including phenoxy) is 1. The Morgan fingerprint density at radius 3 is 2.55 bits per heavy atom. The van der Waals surface area contributed by atoms with E-state index in [9.17, 15) is 13.5 Å². The van der Waals surface area contributed by atoms with Crippen LogP contribution in [0.4, 0.5) is 5.69 Å². The molecule has 1 N–H and O–H groups in total. The van der Waals surface area contributed by atoms with Crippen molar-refractivity contribution in [2.24, 2.45) is 0 Å². The second kappa shape index (κ2) is 8.54. The largest absolute Gasteiger partial charge is 0.390 e. The maximum atomic E-state index is 13.5. The Bertz CT molecular complexity index is 1040. The molecule has 3 unspecified atom stereocenters. The van der Waals surface area contributed by atoms with Gasteiger partial charge in [-0.15, -0.1) is 0 Å². The zero-order valence-electron chi connectivity index (χ0n) is 18.7. The van der Waals surface area contributed by atoms with Crippen LogP contribution in [0.5, 0.6) is 0 Å². The Morgan fingerprint density at radius 1 is 1.16 bits per heavy atom. The van der Waals surface area contributed by atoms with E-state index in [1.165, 1.54) is 4.31 Å². The fraction of sp³-hybridized carbons (Fsp3) is 0.591. The summed E-state index contributed by atoms with van der Waals surface area (Å²) in [6.07, 6.45) is 0.310. The molecule has 3 atom stereocenters. The molecule has 0 saturated carbocycles. The summed E-state index contributed by atoms with van der Waals surface area (Å²) in [6.45, 7) is 10.3. The molecular weight excluding hydrogens is 416 g/mol. The molecule has 0 radical (unpaired) electrons. The number of aliphatic hydroxyl groups is 1. The number of aromatic nitrogens is 2. The lowest BCUT2D eigenvalue weighted by Crippen LogP contribution is -2.48. The van der Waals surface area contributed by atoms with E-state index in [0.29, 0.717) is 30.9 Å². The Labute approximate surface area is 184 Å². The van der Waals surface area contributed by atoms with Crippen LogP contribution in [0.2, 0.25) is 0 Å². The first-order valence-electron chi connectivity index (χ1n) is 10.9. The lowest BCUT2D eigenvalue weighted by Gasteiger charge is -2.36. The number of aryl methyl sites for hydroxylation is 1. The van der Waals surface area contributed by atoms with Crippen molar-refractivity contribution in [3.05, 3.63) is 41.2 Å². The number of nitrogens with zero attached hydrogens (tertiary/aromatic N) is 4. The molecule has 1 aromatic carbocycles. The molecule has 3 heterocycles. The summed E-state index contributed by atoms with van der Waals surface area (Å²) in [5, 5.41) is 15.2. The number of hydrogen-bond acceptors (Lipinski definition) is 6. The third kappa shape index (κ3) is 4.37. The quantitative estimate of drug-likeness (QED) is 0.724. The van der Waals surface area contributed by atoms with E-state index in [1.807, 2.05) is 38.1 Å². The molecule has 2 aliphatic heterocycles. The van der Waals surface area contributed by atoms with Crippen LogP contribution in [0.25, 0.3) is 0 Å². The lowest BCUT2D eigenvalue weighted by atomic mass is 10.2. The van der Waals surface area contributed by atoms with Crippen LogP contribution in [0.1, 0.15) is 30.8 Å². The Balaban J connectivity index is 1.52. The Kier molecular flexibility index (Phi) is 6.13. The SMILES string of the molecule is Cc1nn(CC(O)CN2CC(C)OC(C)C2)c(C)c1S(=O)(=O)N1CCc2ccccc21. The zero-order valence-corrected chi connectivity index (χ0v) is 19.5. The van der Waals surface area contributed by atoms with Crippen molar-refractivity contribution in [3.63, 3.8) is 0 Å². The molecule has 2 aliphatic rings. The summed E-state index contributed by atoms with van der Waals surface area (Å²) in [5.41, 5.74) is 2.80. The van der Waals surface area contributed by atoms with Gasteiger partial charge in [-0.1, -0.05) is 18.2 Å². The van der Waals surface area contributed by atoms with Gasteiger partial charge in [0.25, 0.3) is 10.0 Å². The summed E-state index contributed by atoms with van der Waals surface area (Å²) in [7, 11) is -3.73. The molecule has 8 nitrogen and oxygen atoms in total. The summed E-state index contributed by atoms with van der Waals surface area (Å²) >= 11 is 0. The lowest BCUT2D eigenvalue weighted by molar-refractivity contribution is -0.0774. The maximum Gasteiger partial charge on any atom is 0.268 e. The first-order chi connectivity index (χ1) is 14.7. The third-order valence-corrected chi connectivity index (χ3v) is 8.12. The molecular formula is C22H32N4O4S. The van der Waals surface area contributed by atoms with Crippen molar-refractivity contribution in [2.75, 3.05) is 30.5 Å². The highest BCUT2D eigenvalue weighted by molar-refractivity contribution is 7.93. The van der Waals surface area contributed by atoms with E-state index < -0.39 is 16.1 Å². The van der Waals surface area contributed by atoms with Gasteiger partial charge in [-0.25, -0.2) is 8.42 Å². The number of hydrogen-bond donors (Lipinski definition) is 1. The van der Waals surface area contributed by atoms with Gasteiger partial charge in [0.1, 0.15) is 4.90 Å². The zero-order chi connectivity index (χ0) is 22.3. The van der Waals surface area contributed by atoms with Gasteiger partial charge in [-0.05, 0) is 45.7 Å². The van der Waals surface area contributed by atoms with E-state index in [2.05, 4.69) is 10.00 Å². The molecule has 1 aromatic heterocycles. The van der Waals surface area contributed by atoms with Gasteiger partial charge >= 0.3 is 0 Å². The summed E-state index contributed by atoms with van der Waals surface area (Å²) in [5.74, 6) is 0. The van der Waals surface area contributed by atoms with Crippen LogP contribution >= 0.6 is 0 Å². The molecule has 4 rings (SSSR count). The van der Waals surface area contributed by atoms with Crippen LogP contribution in [0, 0.1) is 13.8 Å². The predicted octanol–water partition coefficient (Wildman–Crippen LogP) is 1.72. The first kappa shape index (κ1) is 22.3. The van der Waals surface area contributed by atoms with Gasteiger partial charge in [0.15, 0.2) is 0 Å². The number of benzene rings is 1. The highest BCUT2D eigenvalue weighted by atomic mass is 32.2. The third-order valence-electron chi connectivity index (χ3n) is 6.06. The van der Waals surface area contributed by atoms with Crippen LogP contribution < -0.4 is 4.31 Å². The van der Waals surface area contributed by atoms with Crippen molar-refractivity contribution >= 4 is 15.7 Å². The number of para-hydroxylation sites is 1. The van der Waals surface area contributed by atoms with E-state index in [1.54, 1.807) is 18.5 Å². The number of β-amino-alcohol motifs (C(OH)–C–C–N with tert-alkyl or cyclic N) is 1. The Hall–Kier alpha value is -1.94. The van der Waals surface area contributed by atoms with Crippen molar-refractivity contribution in [2.45, 2.75) is 63.9 Å². The molecule has 0 spiro atoms. The number of aliphatic hydroxyl groups excluding tert-OH is 1. The predicted molar refractivity (Wildman–Crippen MR) is 119 cm³/mol. The van der Waals surface area contributed by atoms with E-state index in [-0.39, 0.29) is 23.6 Å². The van der Waals surface area contributed by atoms with Crippen molar-refractivity contribution < 1.29 is 18.3 Å². The fourth-order valence-corrected chi connectivity index (χ4v) is 6.77. The standard InChI is InChI=1S/C22H32N4O4S/c1-15-11-24(12-16(2)30-15)13-20(27)14-25-18(4)22(17(3)23-25)31(28,29)26-10-9-19-7-5-6-8-21(19)26/h5-8,15-16,20,27H,9-14H2,1-4H3. The minimum atomic E-state index is -3.73. The second-order valence-corrected chi connectivity index (χ2v) is 10.6. The number of morpholine rings is 1. The minimum absolute atomic E-state index is 0.129. The molecule has 9 heteroatoms. The average molecular weight is 449 g/mol. The topological polar surface area (TPSA) is 87.9 Å². The van der Waals surface area contributed by atoms with Gasteiger partial charge in [-0.3, -0.25) is 13.9 Å². The summed E-state index contributed by atoms with van der Waals surface area (Å²) in [4.78, 5) is 2.43. The molecule has 1 saturated heterocycles. The van der Waals surface area contributed by atoms with Crippen molar-refractivity contribution in [1.82, 2.24) is 14.7 Å². The fourth-order valence-electron chi connectivity index (χ4n) is 4.89. The smallest absolute Gasteiger partial charge is 0.268 e. The van der Waals surface area contributed by atoms with Crippen LogP contribution in [0.3, 0.4) is 0 Å². The highest BCUT2D eigenvalue weighted by Crippen LogP contribution is 2.34.